The third-order valence-electron chi connectivity index (χ3n) is 4.08. The molecule has 0 aliphatic heterocycles. The Morgan fingerprint density at radius 1 is 1.11 bits per heavy atom. The summed E-state index contributed by atoms with van der Waals surface area (Å²) in [5.41, 5.74) is 0. The molecule has 1 N–H and O–H groups in total. The van der Waals surface area contributed by atoms with E-state index in [0.29, 0.717) is 6.61 Å². The molecule has 0 amide bonds. The molecule has 19 heavy (non-hydrogen) atoms. The molecule has 1 fully saturated rings. The van der Waals surface area contributed by atoms with Gasteiger partial charge in [0, 0.05) is 0 Å². The van der Waals surface area contributed by atoms with Crippen molar-refractivity contribution in [3.63, 3.8) is 0 Å². The lowest BCUT2D eigenvalue weighted by molar-refractivity contribution is -0.157. The molecule has 1 aliphatic rings. The van der Waals surface area contributed by atoms with Crippen LogP contribution in [0.2, 0.25) is 0 Å². The topological polar surface area (TPSA) is 46.5 Å². The summed E-state index contributed by atoms with van der Waals surface area (Å²) in [5.74, 6) is -0.272. The monoisotopic (exact) mass is 270 g/mol. The number of aliphatic hydroxyl groups is 1. The molecular formula is C16H30O3. The number of carbonyl (C=O) groups excluding carboxylic acids is 1. The quantitative estimate of drug-likeness (QED) is 0.511. The fourth-order valence-corrected chi connectivity index (χ4v) is 2.78. The smallest absolute Gasteiger partial charge is 0.335 e. The lowest BCUT2D eigenvalue weighted by atomic mass is 9.85. The van der Waals surface area contributed by atoms with Crippen LogP contribution in [0.5, 0.6) is 0 Å². The average molecular weight is 270 g/mol. The van der Waals surface area contributed by atoms with Crippen molar-refractivity contribution in [3.8, 4) is 0 Å². The van der Waals surface area contributed by atoms with Crippen molar-refractivity contribution in [2.24, 2.45) is 5.92 Å². The molecule has 0 radical (unpaired) electrons. The first-order valence-electron chi connectivity index (χ1n) is 8.10. The van der Waals surface area contributed by atoms with Crippen LogP contribution in [0.1, 0.15) is 77.6 Å². The van der Waals surface area contributed by atoms with Crippen LogP contribution in [0, 0.1) is 5.92 Å². The van der Waals surface area contributed by atoms with Gasteiger partial charge >= 0.3 is 5.97 Å². The van der Waals surface area contributed by atoms with Crippen LogP contribution in [0.4, 0.5) is 0 Å². The molecule has 0 heterocycles. The van der Waals surface area contributed by atoms with E-state index in [9.17, 15) is 9.90 Å². The van der Waals surface area contributed by atoms with Crippen LogP contribution in [0.3, 0.4) is 0 Å². The van der Waals surface area contributed by atoms with Crippen molar-refractivity contribution in [3.05, 3.63) is 0 Å². The van der Waals surface area contributed by atoms with Crippen molar-refractivity contribution in [1.82, 2.24) is 0 Å². The van der Waals surface area contributed by atoms with Gasteiger partial charge in [0.05, 0.1) is 6.61 Å². The Morgan fingerprint density at radius 2 is 1.74 bits per heavy atom. The first-order valence-corrected chi connectivity index (χ1v) is 8.10. The molecule has 0 spiro atoms. The number of rotatable bonds is 9. The minimum Gasteiger partial charge on any atom is -0.464 e. The maximum atomic E-state index is 11.7. The van der Waals surface area contributed by atoms with Crippen molar-refractivity contribution >= 4 is 5.97 Å². The van der Waals surface area contributed by atoms with Crippen LogP contribution >= 0.6 is 0 Å². The Bertz CT molecular complexity index is 234. The Balaban J connectivity index is 2.03. The maximum Gasteiger partial charge on any atom is 0.335 e. The lowest BCUT2D eigenvalue weighted by Gasteiger charge is -2.25. The number of unbranched alkanes of at least 4 members (excludes halogenated alkanes) is 5. The minimum absolute atomic E-state index is 0.130. The maximum absolute atomic E-state index is 11.7. The molecule has 1 saturated carbocycles. The van der Waals surface area contributed by atoms with E-state index in [1.165, 1.54) is 32.1 Å². The third kappa shape index (κ3) is 6.95. The summed E-state index contributed by atoms with van der Waals surface area (Å²) in [5, 5.41) is 9.94. The van der Waals surface area contributed by atoms with Gasteiger partial charge in [-0.3, -0.25) is 0 Å². The summed E-state index contributed by atoms with van der Waals surface area (Å²) in [6, 6.07) is 0. The molecule has 0 saturated heterocycles. The van der Waals surface area contributed by atoms with Gasteiger partial charge in [0.25, 0.3) is 0 Å². The van der Waals surface area contributed by atoms with Gasteiger partial charge in [0.15, 0.2) is 6.10 Å². The van der Waals surface area contributed by atoms with Gasteiger partial charge < -0.3 is 9.84 Å². The molecule has 0 bridgehead atoms. The predicted molar refractivity (Wildman–Crippen MR) is 76.9 cm³/mol. The summed E-state index contributed by atoms with van der Waals surface area (Å²) in [7, 11) is 0. The van der Waals surface area contributed by atoms with Gasteiger partial charge in [-0.2, -0.15) is 0 Å². The van der Waals surface area contributed by atoms with Crippen LogP contribution in [0.25, 0.3) is 0 Å². The Labute approximate surface area is 117 Å². The van der Waals surface area contributed by atoms with Gasteiger partial charge in [-0.25, -0.2) is 4.79 Å². The largest absolute Gasteiger partial charge is 0.464 e. The lowest BCUT2D eigenvalue weighted by Crippen LogP contribution is -2.32. The van der Waals surface area contributed by atoms with Crippen LogP contribution < -0.4 is 0 Å². The first kappa shape index (κ1) is 16.5. The second kappa shape index (κ2) is 10.2. The molecular weight excluding hydrogens is 240 g/mol. The van der Waals surface area contributed by atoms with Crippen molar-refractivity contribution in [1.29, 1.82) is 0 Å². The zero-order valence-corrected chi connectivity index (χ0v) is 12.4. The second-order valence-corrected chi connectivity index (χ2v) is 5.78. The van der Waals surface area contributed by atoms with E-state index >= 15 is 0 Å². The summed E-state index contributed by atoms with van der Waals surface area (Å²) in [4.78, 5) is 11.7. The van der Waals surface area contributed by atoms with Gasteiger partial charge in [-0.1, -0.05) is 58.3 Å². The molecule has 3 heteroatoms. The highest BCUT2D eigenvalue weighted by molar-refractivity contribution is 5.74. The summed E-state index contributed by atoms with van der Waals surface area (Å²) >= 11 is 0. The molecule has 0 aromatic heterocycles. The van der Waals surface area contributed by atoms with E-state index in [4.69, 9.17) is 4.74 Å². The standard InChI is InChI=1S/C16H30O3/c1-2-3-4-5-6-10-13-19-16(18)15(17)14-11-8-7-9-12-14/h14-15,17H,2-13H2,1H3/t15-/m1/s1. The van der Waals surface area contributed by atoms with Crippen molar-refractivity contribution < 1.29 is 14.6 Å². The zero-order chi connectivity index (χ0) is 13.9. The highest BCUT2D eigenvalue weighted by atomic mass is 16.5. The second-order valence-electron chi connectivity index (χ2n) is 5.78. The molecule has 1 aliphatic carbocycles. The Kier molecular flexibility index (Phi) is 8.89. The van der Waals surface area contributed by atoms with E-state index in [-0.39, 0.29) is 5.92 Å². The fraction of sp³-hybridized carbons (Fsp3) is 0.938. The zero-order valence-electron chi connectivity index (χ0n) is 12.4. The van der Waals surface area contributed by atoms with Gasteiger partial charge in [-0.15, -0.1) is 0 Å². The number of esters is 1. The summed E-state index contributed by atoms with van der Waals surface area (Å²) < 4.78 is 5.17. The minimum atomic E-state index is -0.889. The van der Waals surface area contributed by atoms with Gasteiger partial charge in [0.2, 0.25) is 0 Å². The van der Waals surface area contributed by atoms with E-state index in [1.807, 2.05) is 0 Å². The average Bonchev–Trinajstić information content (AvgIpc) is 2.46. The molecule has 0 unspecified atom stereocenters. The first-order chi connectivity index (χ1) is 9.25. The van der Waals surface area contributed by atoms with Crippen molar-refractivity contribution in [2.75, 3.05) is 6.61 Å². The van der Waals surface area contributed by atoms with Crippen molar-refractivity contribution in [2.45, 2.75) is 83.7 Å². The van der Waals surface area contributed by atoms with Crippen LogP contribution in [-0.4, -0.2) is 23.8 Å². The highest BCUT2D eigenvalue weighted by Gasteiger charge is 2.28. The van der Waals surface area contributed by atoms with E-state index in [1.54, 1.807) is 0 Å². The Morgan fingerprint density at radius 3 is 2.42 bits per heavy atom. The molecule has 112 valence electrons. The fourth-order valence-electron chi connectivity index (χ4n) is 2.78. The normalized spacial score (nSPS) is 18.2. The van der Waals surface area contributed by atoms with Crippen LogP contribution in [-0.2, 0) is 9.53 Å². The molecule has 0 aromatic carbocycles. The molecule has 0 aromatic rings. The van der Waals surface area contributed by atoms with E-state index < -0.39 is 12.1 Å². The molecule has 3 nitrogen and oxygen atoms in total. The highest BCUT2D eigenvalue weighted by Crippen LogP contribution is 2.26. The molecule has 1 rings (SSSR count). The number of ether oxygens (including phenoxy) is 1. The van der Waals surface area contributed by atoms with E-state index in [2.05, 4.69) is 6.92 Å². The van der Waals surface area contributed by atoms with Gasteiger partial charge in [0.1, 0.15) is 0 Å². The summed E-state index contributed by atoms with van der Waals surface area (Å²) in [6.45, 7) is 2.67. The van der Waals surface area contributed by atoms with Crippen LogP contribution in [0.15, 0.2) is 0 Å². The number of carbonyl (C=O) groups is 1. The number of hydrogen-bond acceptors (Lipinski definition) is 3. The third-order valence-corrected chi connectivity index (χ3v) is 4.08. The van der Waals surface area contributed by atoms with E-state index in [0.717, 1.165) is 38.5 Å². The number of aliphatic hydroxyl groups excluding tert-OH is 1. The predicted octanol–water partition coefficient (Wildman–Crippen LogP) is 3.83. The molecule has 1 atom stereocenters. The number of hydrogen-bond donors (Lipinski definition) is 1. The SMILES string of the molecule is CCCCCCCCOC(=O)[C@H](O)C1CCCCC1. The Hall–Kier alpha value is -0.570. The summed E-state index contributed by atoms with van der Waals surface area (Å²) in [6.07, 6.45) is 11.6. The van der Waals surface area contributed by atoms with Gasteiger partial charge in [-0.05, 0) is 25.2 Å².